The highest BCUT2D eigenvalue weighted by atomic mass is 127. The van der Waals surface area contributed by atoms with E-state index in [1.807, 2.05) is 60.7 Å². The molecule has 0 saturated carbocycles. The first-order valence-corrected chi connectivity index (χ1v) is 14.0. The van der Waals surface area contributed by atoms with Gasteiger partial charge in [-0.05, 0) is 67.6 Å². The molecule has 1 aliphatic rings. The normalized spacial score (nSPS) is 15.5. The number of carbonyl (C=O) groups excluding carboxylic acids is 1. The van der Waals surface area contributed by atoms with Gasteiger partial charge in [-0.2, -0.15) is 0 Å². The molecular weight excluding hydrogens is 657 g/mol. The van der Waals surface area contributed by atoms with Crippen molar-refractivity contribution in [3.63, 3.8) is 0 Å². The summed E-state index contributed by atoms with van der Waals surface area (Å²) in [6, 6.07) is 10.3. The maximum Gasteiger partial charge on any atom is 0.271 e. The Morgan fingerprint density at radius 2 is 2.00 bits per heavy atom. The summed E-state index contributed by atoms with van der Waals surface area (Å²) in [5.74, 6) is 0.515. The lowest BCUT2D eigenvalue weighted by molar-refractivity contribution is -0.127. The van der Waals surface area contributed by atoms with Crippen molar-refractivity contribution in [1.82, 2.24) is 9.47 Å². The minimum absolute atomic E-state index is 0.0968. The van der Waals surface area contributed by atoms with Crippen LogP contribution in [-0.2, 0) is 4.79 Å². The molecule has 2 aromatic carbocycles. The lowest BCUT2D eigenvalue weighted by Gasteiger charge is -2.29. The molecule has 1 N–H and O–H groups in total. The number of thiazole rings is 1. The van der Waals surface area contributed by atoms with Gasteiger partial charge in [-0.3, -0.25) is 14.2 Å². The fourth-order valence-electron chi connectivity index (χ4n) is 4.30. The van der Waals surface area contributed by atoms with Gasteiger partial charge in [-0.1, -0.05) is 45.5 Å². The number of methoxy groups -OCH3 is 1. The fourth-order valence-corrected chi connectivity index (χ4v) is 6.89. The van der Waals surface area contributed by atoms with E-state index in [1.54, 1.807) is 41.7 Å². The highest BCUT2D eigenvalue weighted by Gasteiger charge is 2.35. The summed E-state index contributed by atoms with van der Waals surface area (Å²) in [5, 5.41) is 10.6. The van der Waals surface area contributed by atoms with Crippen molar-refractivity contribution < 1.29 is 14.6 Å². The van der Waals surface area contributed by atoms with Crippen LogP contribution in [0.5, 0.6) is 11.5 Å². The van der Waals surface area contributed by atoms with E-state index >= 15 is 0 Å². The molecule has 0 spiro atoms. The van der Waals surface area contributed by atoms with E-state index in [9.17, 15) is 14.7 Å². The summed E-state index contributed by atoms with van der Waals surface area (Å²) in [4.78, 5) is 34.5. The molecule has 188 valence electrons. The zero-order valence-electron chi connectivity index (χ0n) is 20.2. The summed E-state index contributed by atoms with van der Waals surface area (Å²) in [7, 11) is 1.57. The Kier molecular flexibility index (Phi) is 8.06. The van der Waals surface area contributed by atoms with Crippen LogP contribution in [0.4, 0.5) is 0 Å². The topological polar surface area (TPSA) is 84.1 Å². The third-order valence-corrected chi connectivity index (χ3v) is 8.34. The molecule has 0 unspecified atom stereocenters. The second-order valence-corrected chi connectivity index (χ2v) is 11.2. The van der Waals surface area contributed by atoms with E-state index in [4.69, 9.17) is 9.73 Å². The lowest BCUT2D eigenvalue weighted by Crippen LogP contribution is -2.43. The van der Waals surface area contributed by atoms with Crippen LogP contribution in [0, 0.1) is 3.57 Å². The maximum atomic E-state index is 13.9. The number of allylic oxidation sites excluding steroid dienone is 1. The molecule has 1 aromatic heterocycles. The fraction of sp³-hybridized carbons (Fsp3) is 0.269. The largest absolute Gasteiger partial charge is 0.506 e. The first kappa shape index (κ1) is 26.6. The molecule has 7 nitrogen and oxygen atoms in total. The number of halogens is 2. The van der Waals surface area contributed by atoms with Gasteiger partial charge in [0.25, 0.3) is 11.5 Å². The van der Waals surface area contributed by atoms with Gasteiger partial charge in [0.1, 0.15) is 17.5 Å². The van der Waals surface area contributed by atoms with Crippen LogP contribution in [-0.4, -0.2) is 40.7 Å². The number of aromatic hydroxyl groups is 1. The summed E-state index contributed by atoms with van der Waals surface area (Å²) in [6.45, 7) is 6.73. The number of phenolic OH excluding ortho intramolecular Hbond substituents is 1. The molecular formula is C26H25BrIN3O4S. The molecule has 36 heavy (non-hydrogen) atoms. The summed E-state index contributed by atoms with van der Waals surface area (Å²) in [5.41, 5.74) is 1.94. The van der Waals surface area contributed by atoms with Gasteiger partial charge in [-0.15, -0.1) is 0 Å². The summed E-state index contributed by atoms with van der Waals surface area (Å²) < 4.78 is 9.06. The van der Waals surface area contributed by atoms with Crippen molar-refractivity contribution in [2.24, 2.45) is 4.99 Å². The van der Waals surface area contributed by atoms with E-state index in [2.05, 4.69) is 15.9 Å². The van der Waals surface area contributed by atoms with E-state index < -0.39 is 6.04 Å². The zero-order chi connectivity index (χ0) is 26.1. The molecule has 10 heteroatoms. The number of carbonyl (C=O) groups is 1. The van der Waals surface area contributed by atoms with Crippen molar-refractivity contribution in [1.29, 1.82) is 0 Å². The van der Waals surface area contributed by atoms with Crippen molar-refractivity contribution >= 4 is 61.8 Å². The van der Waals surface area contributed by atoms with Gasteiger partial charge in [0, 0.05) is 28.7 Å². The molecule has 1 amide bonds. The van der Waals surface area contributed by atoms with Crippen LogP contribution >= 0.6 is 49.9 Å². The SMILES string of the molecule is CCN(CC)C(=O)C1=C(C)N=c2s/c(=C/c3cc(Br)cc(I)c3O)c(=O)n2[C@H]1c1ccccc1OC. The monoisotopic (exact) mass is 681 g/mol. The Bertz CT molecular complexity index is 1560. The summed E-state index contributed by atoms with van der Waals surface area (Å²) >= 11 is 6.73. The second-order valence-electron chi connectivity index (χ2n) is 8.13. The van der Waals surface area contributed by atoms with Gasteiger partial charge < -0.3 is 14.7 Å². The van der Waals surface area contributed by atoms with Crippen LogP contribution < -0.4 is 19.6 Å². The van der Waals surface area contributed by atoms with Crippen molar-refractivity contribution in [3.05, 3.63) is 86.5 Å². The van der Waals surface area contributed by atoms with Gasteiger partial charge in [-0.25, -0.2) is 4.99 Å². The quantitative estimate of drug-likeness (QED) is 0.396. The van der Waals surface area contributed by atoms with Crippen LogP contribution in [0.2, 0.25) is 0 Å². The molecule has 0 radical (unpaired) electrons. The number of para-hydroxylation sites is 1. The molecule has 0 fully saturated rings. The molecule has 4 rings (SSSR count). The third kappa shape index (κ3) is 4.78. The molecule has 2 heterocycles. The van der Waals surface area contributed by atoms with Gasteiger partial charge >= 0.3 is 0 Å². The first-order valence-electron chi connectivity index (χ1n) is 11.3. The number of nitrogens with zero attached hydrogens (tertiary/aromatic N) is 3. The molecule has 1 atom stereocenters. The Labute approximate surface area is 234 Å². The third-order valence-electron chi connectivity index (χ3n) is 6.08. The number of hydrogen-bond donors (Lipinski definition) is 1. The predicted molar refractivity (Wildman–Crippen MR) is 153 cm³/mol. The highest BCUT2D eigenvalue weighted by molar-refractivity contribution is 14.1. The summed E-state index contributed by atoms with van der Waals surface area (Å²) in [6.07, 6.45) is 1.66. The van der Waals surface area contributed by atoms with Gasteiger partial charge in [0.2, 0.25) is 0 Å². The predicted octanol–water partition coefficient (Wildman–Crippen LogP) is 4.18. The maximum absolute atomic E-state index is 13.9. The number of ether oxygens (including phenoxy) is 1. The van der Waals surface area contributed by atoms with Gasteiger partial charge in [0.05, 0.1) is 26.5 Å². The lowest BCUT2D eigenvalue weighted by atomic mass is 9.94. The number of hydrogen-bond acceptors (Lipinski definition) is 6. The minimum atomic E-state index is -0.705. The number of phenols is 1. The number of aromatic nitrogens is 1. The number of benzene rings is 2. The average molecular weight is 682 g/mol. The number of rotatable bonds is 6. The Morgan fingerprint density at radius 1 is 1.31 bits per heavy atom. The number of amides is 1. The Hall–Kier alpha value is -2.44. The molecule has 0 aliphatic carbocycles. The average Bonchev–Trinajstić information content (AvgIpc) is 3.16. The van der Waals surface area contributed by atoms with E-state index in [0.717, 1.165) is 4.47 Å². The molecule has 1 aliphatic heterocycles. The van der Waals surface area contributed by atoms with Crippen molar-refractivity contribution in [2.75, 3.05) is 20.2 Å². The molecule has 3 aromatic rings. The number of fused-ring (bicyclic) bond motifs is 1. The van der Waals surface area contributed by atoms with Crippen molar-refractivity contribution in [2.45, 2.75) is 26.8 Å². The van der Waals surface area contributed by atoms with E-state index in [0.29, 0.717) is 54.1 Å². The van der Waals surface area contributed by atoms with Gasteiger partial charge in [0.15, 0.2) is 4.80 Å². The Morgan fingerprint density at radius 3 is 2.67 bits per heavy atom. The van der Waals surface area contributed by atoms with Crippen LogP contribution in [0.25, 0.3) is 6.08 Å². The van der Waals surface area contributed by atoms with Crippen LogP contribution in [0.15, 0.2) is 61.9 Å². The second kappa shape index (κ2) is 10.9. The van der Waals surface area contributed by atoms with Crippen LogP contribution in [0.3, 0.4) is 0 Å². The van der Waals surface area contributed by atoms with Crippen molar-refractivity contribution in [3.8, 4) is 11.5 Å². The minimum Gasteiger partial charge on any atom is -0.506 e. The highest BCUT2D eigenvalue weighted by Crippen LogP contribution is 2.36. The van der Waals surface area contributed by atoms with E-state index in [-0.39, 0.29) is 17.2 Å². The van der Waals surface area contributed by atoms with E-state index in [1.165, 1.54) is 11.3 Å². The standard InChI is InChI=1S/C26H25BrIN3O4S/c1-5-30(6-2)25(34)21-14(3)29-26-31(22(21)17-9-7-8-10-19(17)35-4)24(33)20(36-26)12-15-11-16(27)13-18(28)23(15)32/h7-13,22,32H,5-6H2,1-4H3/b20-12+/t22-/m0/s1. The zero-order valence-corrected chi connectivity index (χ0v) is 24.8. The van der Waals surface area contributed by atoms with Crippen LogP contribution in [0.1, 0.15) is 37.9 Å². The first-order chi connectivity index (χ1) is 17.2. The number of likely N-dealkylation sites (N-methyl/N-ethyl adjacent to an activating group) is 1. The molecule has 0 bridgehead atoms. The Balaban J connectivity index is 2.02. The molecule has 0 saturated heterocycles. The smallest absolute Gasteiger partial charge is 0.271 e.